The molecule has 2 nitrogen and oxygen atoms in total. The highest BCUT2D eigenvalue weighted by molar-refractivity contribution is 5.29. The Hall–Kier alpha value is -1.35. The summed E-state index contributed by atoms with van der Waals surface area (Å²) in [4.78, 5) is 0. The molecule has 98 valence electrons. The molecule has 1 N–H and O–H groups in total. The highest BCUT2D eigenvalue weighted by Gasteiger charge is 2.20. The minimum absolute atomic E-state index is 0.0635. The average Bonchev–Trinajstić information content (AvgIpc) is 2.42. The zero-order valence-electron chi connectivity index (χ0n) is 10.8. The molecule has 18 heavy (non-hydrogen) atoms. The van der Waals surface area contributed by atoms with E-state index in [1.54, 1.807) is 12.3 Å². The number of hydrogen-bond donors (Lipinski definition) is 1. The maximum Gasteiger partial charge on any atom is 0.128 e. The van der Waals surface area contributed by atoms with Crippen molar-refractivity contribution in [2.75, 3.05) is 13.2 Å². The Kier molecular flexibility index (Phi) is 4.76. The molecule has 1 heterocycles. The fourth-order valence-corrected chi connectivity index (χ4v) is 2.24. The van der Waals surface area contributed by atoms with Gasteiger partial charge in [-0.1, -0.05) is 25.1 Å². The van der Waals surface area contributed by atoms with Crippen LogP contribution in [0.2, 0.25) is 0 Å². The number of rotatable bonds is 5. The SMILES string of the molecule is CCCNC(C1=COCCC1)c1ccccc1F. The van der Waals surface area contributed by atoms with E-state index in [0.29, 0.717) is 5.56 Å². The molecule has 2 rings (SSSR count). The van der Waals surface area contributed by atoms with Crippen LogP contribution in [0, 0.1) is 5.82 Å². The average molecular weight is 249 g/mol. The molecule has 0 saturated carbocycles. The van der Waals surface area contributed by atoms with Gasteiger partial charge in [-0.15, -0.1) is 0 Å². The smallest absolute Gasteiger partial charge is 0.128 e. The van der Waals surface area contributed by atoms with Crippen molar-refractivity contribution >= 4 is 0 Å². The molecule has 1 unspecified atom stereocenters. The van der Waals surface area contributed by atoms with Crippen molar-refractivity contribution in [1.29, 1.82) is 0 Å². The predicted octanol–water partition coefficient (Wildman–Crippen LogP) is 3.56. The van der Waals surface area contributed by atoms with Gasteiger partial charge in [0.05, 0.1) is 18.9 Å². The number of ether oxygens (including phenoxy) is 1. The summed E-state index contributed by atoms with van der Waals surface area (Å²) in [6.07, 6.45) is 4.79. The minimum atomic E-state index is -0.155. The van der Waals surface area contributed by atoms with Crippen LogP contribution >= 0.6 is 0 Å². The van der Waals surface area contributed by atoms with Crippen molar-refractivity contribution in [3.05, 3.63) is 47.5 Å². The van der Waals surface area contributed by atoms with Crippen LogP contribution in [-0.4, -0.2) is 13.2 Å². The van der Waals surface area contributed by atoms with Crippen molar-refractivity contribution in [3.63, 3.8) is 0 Å². The molecular weight excluding hydrogens is 229 g/mol. The molecule has 0 spiro atoms. The third-order valence-electron chi connectivity index (χ3n) is 3.15. The van der Waals surface area contributed by atoms with E-state index in [-0.39, 0.29) is 11.9 Å². The number of halogens is 1. The zero-order valence-corrected chi connectivity index (χ0v) is 10.8. The lowest BCUT2D eigenvalue weighted by atomic mass is 9.95. The summed E-state index contributed by atoms with van der Waals surface area (Å²) < 4.78 is 19.3. The molecule has 1 aliphatic rings. The molecule has 1 aromatic rings. The summed E-state index contributed by atoms with van der Waals surface area (Å²) >= 11 is 0. The number of hydrogen-bond acceptors (Lipinski definition) is 2. The van der Waals surface area contributed by atoms with Gasteiger partial charge >= 0.3 is 0 Å². The second-order valence-corrected chi connectivity index (χ2v) is 4.58. The molecule has 3 heteroatoms. The first-order valence-electron chi connectivity index (χ1n) is 6.61. The molecule has 1 atom stereocenters. The Morgan fingerprint density at radius 1 is 1.39 bits per heavy atom. The van der Waals surface area contributed by atoms with Crippen LogP contribution in [0.25, 0.3) is 0 Å². The molecule has 0 bridgehead atoms. The minimum Gasteiger partial charge on any atom is -0.501 e. The lowest BCUT2D eigenvalue weighted by Crippen LogP contribution is -2.26. The summed E-state index contributed by atoms with van der Waals surface area (Å²) in [7, 11) is 0. The molecule has 0 radical (unpaired) electrons. The Morgan fingerprint density at radius 3 is 2.89 bits per heavy atom. The fourth-order valence-electron chi connectivity index (χ4n) is 2.24. The quantitative estimate of drug-likeness (QED) is 0.861. The van der Waals surface area contributed by atoms with Gasteiger partial charge in [0.1, 0.15) is 5.82 Å². The van der Waals surface area contributed by atoms with E-state index >= 15 is 0 Å². The second kappa shape index (κ2) is 6.55. The van der Waals surface area contributed by atoms with Gasteiger partial charge in [-0.05, 0) is 37.4 Å². The molecule has 0 aliphatic carbocycles. The van der Waals surface area contributed by atoms with Gasteiger partial charge in [-0.25, -0.2) is 4.39 Å². The number of nitrogens with one attached hydrogen (secondary N) is 1. The van der Waals surface area contributed by atoms with Crippen LogP contribution in [0.5, 0.6) is 0 Å². The van der Waals surface area contributed by atoms with Crippen molar-refractivity contribution in [2.45, 2.75) is 32.2 Å². The summed E-state index contributed by atoms with van der Waals surface area (Å²) in [5.74, 6) is -0.155. The third kappa shape index (κ3) is 3.10. The molecule has 1 aliphatic heterocycles. The first kappa shape index (κ1) is 13.1. The monoisotopic (exact) mass is 249 g/mol. The van der Waals surface area contributed by atoms with Crippen molar-refractivity contribution in [1.82, 2.24) is 5.32 Å². The van der Waals surface area contributed by atoms with Gasteiger partial charge < -0.3 is 10.1 Å². The van der Waals surface area contributed by atoms with Gasteiger partial charge in [0.2, 0.25) is 0 Å². The van der Waals surface area contributed by atoms with E-state index in [9.17, 15) is 4.39 Å². The summed E-state index contributed by atoms with van der Waals surface area (Å²) in [5, 5.41) is 3.41. The van der Waals surface area contributed by atoms with Gasteiger partial charge in [0.15, 0.2) is 0 Å². The second-order valence-electron chi connectivity index (χ2n) is 4.58. The van der Waals surface area contributed by atoms with Gasteiger partial charge in [-0.3, -0.25) is 0 Å². The van der Waals surface area contributed by atoms with E-state index in [1.165, 1.54) is 6.07 Å². The maximum atomic E-state index is 13.9. The van der Waals surface area contributed by atoms with Crippen LogP contribution in [0.3, 0.4) is 0 Å². The van der Waals surface area contributed by atoms with E-state index in [4.69, 9.17) is 4.74 Å². The van der Waals surface area contributed by atoms with Gasteiger partial charge in [-0.2, -0.15) is 0 Å². The summed E-state index contributed by atoms with van der Waals surface area (Å²) in [5.41, 5.74) is 1.85. The number of benzene rings is 1. The first-order chi connectivity index (χ1) is 8.83. The van der Waals surface area contributed by atoms with Crippen LogP contribution in [0.4, 0.5) is 4.39 Å². The molecule has 0 amide bonds. The topological polar surface area (TPSA) is 21.3 Å². The Labute approximate surface area is 108 Å². The Balaban J connectivity index is 2.24. The first-order valence-corrected chi connectivity index (χ1v) is 6.61. The van der Waals surface area contributed by atoms with E-state index in [0.717, 1.165) is 38.0 Å². The summed E-state index contributed by atoms with van der Waals surface area (Å²) in [6.45, 7) is 3.74. The van der Waals surface area contributed by atoms with E-state index in [2.05, 4.69) is 12.2 Å². The summed E-state index contributed by atoms with van der Waals surface area (Å²) in [6, 6.07) is 6.90. The lowest BCUT2D eigenvalue weighted by molar-refractivity contribution is 0.219. The molecule has 1 aromatic carbocycles. The van der Waals surface area contributed by atoms with E-state index in [1.807, 2.05) is 12.1 Å². The van der Waals surface area contributed by atoms with Crippen LogP contribution in [0.15, 0.2) is 36.1 Å². The van der Waals surface area contributed by atoms with Crippen LogP contribution < -0.4 is 5.32 Å². The van der Waals surface area contributed by atoms with Crippen LogP contribution in [0.1, 0.15) is 37.8 Å². The Bertz CT molecular complexity index is 417. The van der Waals surface area contributed by atoms with Crippen LogP contribution in [-0.2, 0) is 4.74 Å². The van der Waals surface area contributed by atoms with E-state index < -0.39 is 0 Å². The zero-order chi connectivity index (χ0) is 12.8. The largest absolute Gasteiger partial charge is 0.501 e. The van der Waals surface area contributed by atoms with Gasteiger partial charge in [0, 0.05) is 5.56 Å². The standard InChI is InChI=1S/C15H20FNO/c1-2-9-17-15(12-6-5-10-18-11-12)13-7-3-4-8-14(13)16/h3-4,7-8,11,15,17H,2,5-6,9-10H2,1H3. The molecule has 0 aromatic heterocycles. The predicted molar refractivity (Wildman–Crippen MR) is 70.7 cm³/mol. The third-order valence-corrected chi connectivity index (χ3v) is 3.15. The lowest BCUT2D eigenvalue weighted by Gasteiger charge is -2.25. The Morgan fingerprint density at radius 2 is 2.22 bits per heavy atom. The highest BCUT2D eigenvalue weighted by atomic mass is 19.1. The fraction of sp³-hybridized carbons (Fsp3) is 0.467. The van der Waals surface area contributed by atoms with Crippen molar-refractivity contribution in [2.24, 2.45) is 0 Å². The van der Waals surface area contributed by atoms with Crippen molar-refractivity contribution < 1.29 is 9.13 Å². The molecular formula is C15H20FNO. The maximum absolute atomic E-state index is 13.9. The molecule has 0 fully saturated rings. The van der Waals surface area contributed by atoms with Gasteiger partial charge in [0.25, 0.3) is 0 Å². The highest BCUT2D eigenvalue weighted by Crippen LogP contribution is 2.29. The normalized spacial score (nSPS) is 16.9. The molecule has 0 saturated heterocycles. The van der Waals surface area contributed by atoms with Crippen molar-refractivity contribution in [3.8, 4) is 0 Å².